The van der Waals surface area contributed by atoms with Crippen LogP contribution in [0.15, 0.2) is 53.9 Å². The zero-order chi connectivity index (χ0) is 20.1. The number of nitrogens with zero attached hydrogens (tertiary/aromatic N) is 1. The summed E-state index contributed by atoms with van der Waals surface area (Å²) in [6, 6.07) is 15.2. The molecule has 1 amide bonds. The summed E-state index contributed by atoms with van der Waals surface area (Å²) in [4.78, 5) is 16.9. The van der Waals surface area contributed by atoms with Gasteiger partial charge in [0, 0.05) is 17.5 Å². The SMILES string of the molecule is Cc1ccc(NC(=O)Cc2csc(Cc3ccccc3)n2)cc1NS(C)(=O)=O. The van der Waals surface area contributed by atoms with Gasteiger partial charge >= 0.3 is 0 Å². The lowest BCUT2D eigenvalue weighted by Crippen LogP contribution is -2.15. The first-order chi connectivity index (χ1) is 13.3. The Bertz CT molecular complexity index is 1080. The van der Waals surface area contributed by atoms with Crippen molar-refractivity contribution in [2.45, 2.75) is 19.8 Å². The molecular formula is C20H21N3O3S2. The van der Waals surface area contributed by atoms with Crippen LogP contribution in [0.4, 0.5) is 11.4 Å². The Labute approximate surface area is 168 Å². The van der Waals surface area contributed by atoms with Crippen LogP contribution >= 0.6 is 11.3 Å². The van der Waals surface area contributed by atoms with E-state index >= 15 is 0 Å². The predicted octanol–water partition coefficient (Wildman–Crippen LogP) is 3.60. The van der Waals surface area contributed by atoms with Crippen molar-refractivity contribution >= 4 is 38.6 Å². The molecule has 1 aromatic heterocycles. The van der Waals surface area contributed by atoms with Crippen molar-refractivity contribution in [3.63, 3.8) is 0 Å². The van der Waals surface area contributed by atoms with Gasteiger partial charge < -0.3 is 5.32 Å². The summed E-state index contributed by atoms with van der Waals surface area (Å²) in [6.45, 7) is 1.79. The number of carbonyl (C=O) groups is 1. The molecule has 6 nitrogen and oxygen atoms in total. The molecule has 0 saturated carbocycles. The smallest absolute Gasteiger partial charge is 0.230 e. The summed E-state index contributed by atoms with van der Waals surface area (Å²) in [6.07, 6.45) is 1.99. The molecule has 0 aliphatic rings. The van der Waals surface area contributed by atoms with Crippen molar-refractivity contribution in [2.24, 2.45) is 0 Å². The second kappa shape index (κ2) is 8.53. The zero-order valence-corrected chi connectivity index (χ0v) is 17.2. The summed E-state index contributed by atoms with van der Waals surface area (Å²) in [5.74, 6) is -0.203. The van der Waals surface area contributed by atoms with Crippen molar-refractivity contribution in [2.75, 3.05) is 16.3 Å². The predicted molar refractivity (Wildman–Crippen MR) is 113 cm³/mol. The minimum absolute atomic E-state index is 0.161. The van der Waals surface area contributed by atoms with E-state index < -0.39 is 10.0 Å². The summed E-state index contributed by atoms with van der Waals surface area (Å²) < 4.78 is 25.4. The molecule has 8 heteroatoms. The summed E-state index contributed by atoms with van der Waals surface area (Å²) in [7, 11) is -3.39. The van der Waals surface area contributed by atoms with Gasteiger partial charge in [-0.25, -0.2) is 13.4 Å². The van der Waals surface area contributed by atoms with Crippen molar-refractivity contribution in [3.8, 4) is 0 Å². The van der Waals surface area contributed by atoms with Gasteiger partial charge in [-0.15, -0.1) is 11.3 Å². The third-order valence-electron chi connectivity index (χ3n) is 3.96. The van der Waals surface area contributed by atoms with Crippen molar-refractivity contribution in [1.29, 1.82) is 0 Å². The zero-order valence-electron chi connectivity index (χ0n) is 15.6. The molecule has 3 aromatic rings. The third-order valence-corrected chi connectivity index (χ3v) is 5.44. The van der Waals surface area contributed by atoms with Gasteiger partial charge in [0.25, 0.3) is 0 Å². The number of anilines is 2. The molecule has 1 heterocycles. The highest BCUT2D eigenvalue weighted by Gasteiger charge is 2.11. The summed E-state index contributed by atoms with van der Waals surface area (Å²) in [5.41, 5.74) is 3.64. The lowest BCUT2D eigenvalue weighted by molar-refractivity contribution is -0.115. The van der Waals surface area contributed by atoms with E-state index in [4.69, 9.17) is 0 Å². The topological polar surface area (TPSA) is 88.2 Å². The van der Waals surface area contributed by atoms with Gasteiger partial charge in [0.05, 0.1) is 29.1 Å². The third kappa shape index (κ3) is 5.90. The van der Waals surface area contributed by atoms with E-state index in [1.165, 1.54) is 16.9 Å². The Morgan fingerprint density at radius 2 is 1.89 bits per heavy atom. The Morgan fingerprint density at radius 3 is 2.61 bits per heavy atom. The first-order valence-corrected chi connectivity index (χ1v) is 11.4. The molecule has 0 bridgehead atoms. The van der Waals surface area contributed by atoms with Gasteiger partial charge in [0.15, 0.2) is 0 Å². The van der Waals surface area contributed by atoms with Gasteiger partial charge in [-0.1, -0.05) is 36.4 Å². The monoisotopic (exact) mass is 415 g/mol. The minimum atomic E-state index is -3.39. The first kappa shape index (κ1) is 20.0. The number of hydrogen-bond acceptors (Lipinski definition) is 5. The second-order valence-electron chi connectivity index (χ2n) is 6.52. The largest absolute Gasteiger partial charge is 0.326 e. The molecule has 0 radical (unpaired) electrons. The Hall–Kier alpha value is -2.71. The number of rotatable bonds is 7. The fourth-order valence-electron chi connectivity index (χ4n) is 2.66. The molecule has 0 unspecified atom stereocenters. The standard InChI is InChI=1S/C20H21N3O3S2/c1-14-8-9-16(11-18(14)23-28(2,25)26)21-19(24)12-17-13-27-20(22-17)10-15-6-4-3-5-7-15/h3-9,11,13,23H,10,12H2,1-2H3,(H,21,24). The van der Waals surface area contributed by atoms with Crippen LogP contribution in [0.2, 0.25) is 0 Å². The molecule has 2 aromatic carbocycles. The maximum absolute atomic E-state index is 12.3. The number of benzene rings is 2. The molecule has 0 fully saturated rings. The molecule has 0 aliphatic carbocycles. The van der Waals surface area contributed by atoms with Gasteiger partial charge in [0.1, 0.15) is 0 Å². The number of amides is 1. The summed E-state index contributed by atoms with van der Waals surface area (Å²) >= 11 is 1.54. The Kier molecular flexibility index (Phi) is 6.11. The number of nitrogens with one attached hydrogen (secondary N) is 2. The number of aryl methyl sites for hydroxylation is 1. The normalized spacial score (nSPS) is 11.2. The van der Waals surface area contributed by atoms with E-state index in [-0.39, 0.29) is 12.3 Å². The first-order valence-electron chi connectivity index (χ1n) is 8.64. The average Bonchev–Trinajstić information content (AvgIpc) is 3.04. The van der Waals surface area contributed by atoms with E-state index in [1.54, 1.807) is 25.1 Å². The molecule has 2 N–H and O–H groups in total. The minimum Gasteiger partial charge on any atom is -0.326 e. The number of aromatic nitrogens is 1. The van der Waals surface area contributed by atoms with Crippen LogP contribution in [0.1, 0.15) is 21.8 Å². The Balaban J connectivity index is 1.62. The number of hydrogen-bond donors (Lipinski definition) is 2. The maximum Gasteiger partial charge on any atom is 0.230 e. The highest BCUT2D eigenvalue weighted by atomic mass is 32.2. The molecule has 3 rings (SSSR count). The highest BCUT2D eigenvalue weighted by molar-refractivity contribution is 7.92. The van der Waals surface area contributed by atoms with Crippen LogP contribution in [-0.4, -0.2) is 25.6 Å². The van der Waals surface area contributed by atoms with E-state index in [1.807, 2.05) is 35.7 Å². The average molecular weight is 416 g/mol. The second-order valence-corrected chi connectivity index (χ2v) is 9.21. The lowest BCUT2D eigenvalue weighted by Gasteiger charge is -2.11. The van der Waals surface area contributed by atoms with Gasteiger partial charge in [0.2, 0.25) is 15.9 Å². The van der Waals surface area contributed by atoms with Gasteiger partial charge in [-0.3, -0.25) is 9.52 Å². The van der Waals surface area contributed by atoms with Gasteiger partial charge in [-0.05, 0) is 30.2 Å². The number of thiazole rings is 1. The van der Waals surface area contributed by atoms with Crippen molar-refractivity contribution < 1.29 is 13.2 Å². The molecule has 28 heavy (non-hydrogen) atoms. The molecule has 146 valence electrons. The number of carbonyl (C=O) groups excluding carboxylic acids is 1. The molecule has 0 spiro atoms. The van der Waals surface area contributed by atoms with Crippen molar-refractivity contribution in [3.05, 3.63) is 75.7 Å². The van der Waals surface area contributed by atoms with Crippen LogP contribution in [-0.2, 0) is 27.7 Å². The molecular weight excluding hydrogens is 394 g/mol. The fourth-order valence-corrected chi connectivity index (χ4v) is 4.11. The fraction of sp³-hybridized carbons (Fsp3) is 0.200. The van der Waals surface area contributed by atoms with E-state index in [2.05, 4.69) is 15.0 Å². The van der Waals surface area contributed by atoms with E-state index in [9.17, 15) is 13.2 Å². The van der Waals surface area contributed by atoms with Crippen LogP contribution < -0.4 is 10.0 Å². The molecule has 0 atom stereocenters. The van der Waals surface area contributed by atoms with Crippen LogP contribution in [0.5, 0.6) is 0 Å². The highest BCUT2D eigenvalue weighted by Crippen LogP contribution is 2.22. The maximum atomic E-state index is 12.3. The molecule has 0 saturated heterocycles. The van der Waals surface area contributed by atoms with Gasteiger partial charge in [-0.2, -0.15) is 0 Å². The Morgan fingerprint density at radius 1 is 1.14 bits per heavy atom. The van der Waals surface area contributed by atoms with E-state index in [0.29, 0.717) is 11.4 Å². The lowest BCUT2D eigenvalue weighted by atomic mass is 10.2. The van der Waals surface area contributed by atoms with Crippen LogP contribution in [0, 0.1) is 6.92 Å². The molecule has 0 aliphatic heterocycles. The van der Waals surface area contributed by atoms with E-state index in [0.717, 1.165) is 28.9 Å². The van der Waals surface area contributed by atoms with Crippen molar-refractivity contribution in [1.82, 2.24) is 4.98 Å². The quantitative estimate of drug-likeness (QED) is 0.617. The number of sulfonamides is 1. The summed E-state index contributed by atoms with van der Waals surface area (Å²) in [5, 5.41) is 5.65. The van der Waals surface area contributed by atoms with Crippen LogP contribution in [0.3, 0.4) is 0 Å². The van der Waals surface area contributed by atoms with Crippen LogP contribution in [0.25, 0.3) is 0 Å².